The minimum absolute atomic E-state index is 0.242. The fraction of sp³-hybridized carbons (Fsp3) is 0.462. The van der Waals surface area contributed by atoms with E-state index in [9.17, 15) is 4.79 Å². The lowest BCUT2D eigenvalue weighted by molar-refractivity contribution is -0.120. The minimum atomic E-state index is -0.308. The molecule has 4 heteroatoms. The third kappa shape index (κ3) is 4.87. The number of rotatable bonds is 7. The highest BCUT2D eigenvalue weighted by molar-refractivity contribution is 5.79. The van der Waals surface area contributed by atoms with E-state index >= 15 is 0 Å². The van der Waals surface area contributed by atoms with Crippen molar-refractivity contribution in [1.29, 1.82) is 0 Å². The number of amides is 1. The van der Waals surface area contributed by atoms with Crippen LogP contribution in [0.15, 0.2) is 24.3 Å². The van der Waals surface area contributed by atoms with Gasteiger partial charge in [-0.05, 0) is 24.1 Å². The molecule has 17 heavy (non-hydrogen) atoms. The highest BCUT2D eigenvalue weighted by Gasteiger charge is 2.13. The molecule has 0 aromatic heterocycles. The van der Waals surface area contributed by atoms with E-state index in [0.29, 0.717) is 6.54 Å². The lowest BCUT2D eigenvalue weighted by atomic mass is 10.1. The number of aromatic hydroxyl groups is 1. The molecule has 94 valence electrons. The zero-order valence-corrected chi connectivity index (χ0v) is 10.1. The number of hydrogen-bond acceptors (Lipinski definition) is 3. The van der Waals surface area contributed by atoms with E-state index in [1.54, 1.807) is 12.1 Å². The molecule has 1 atom stereocenters. The van der Waals surface area contributed by atoms with Crippen molar-refractivity contribution in [2.24, 2.45) is 5.73 Å². The van der Waals surface area contributed by atoms with E-state index in [-0.39, 0.29) is 17.7 Å². The first kappa shape index (κ1) is 13.5. The number of phenols is 1. The van der Waals surface area contributed by atoms with Gasteiger partial charge in [-0.3, -0.25) is 4.79 Å². The SMILES string of the molecule is CCCCC(NCc1ccc(O)cc1)C(N)=O. The number of carbonyl (C=O) groups is 1. The molecule has 0 saturated heterocycles. The summed E-state index contributed by atoms with van der Waals surface area (Å²) in [6, 6.07) is 6.62. The molecule has 0 aliphatic rings. The van der Waals surface area contributed by atoms with Crippen molar-refractivity contribution < 1.29 is 9.90 Å². The van der Waals surface area contributed by atoms with E-state index in [2.05, 4.69) is 12.2 Å². The third-order valence-electron chi connectivity index (χ3n) is 2.68. The number of benzene rings is 1. The first-order chi connectivity index (χ1) is 8.13. The quantitative estimate of drug-likeness (QED) is 0.672. The fourth-order valence-electron chi connectivity index (χ4n) is 1.61. The van der Waals surface area contributed by atoms with Crippen LogP contribution in [-0.4, -0.2) is 17.1 Å². The zero-order chi connectivity index (χ0) is 12.7. The van der Waals surface area contributed by atoms with E-state index in [4.69, 9.17) is 10.8 Å². The lowest BCUT2D eigenvalue weighted by Gasteiger charge is -2.14. The van der Waals surface area contributed by atoms with Crippen molar-refractivity contribution in [2.45, 2.75) is 38.8 Å². The van der Waals surface area contributed by atoms with Crippen LogP contribution < -0.4 is 11.1 Å². The standard InChI is InChI=1S/C13H20N2O2/c1-2-3-4-12(13(14)17)15-9-10-5-7-11(16)8-6-10/h5-8,12,15-16H,2-4,9H2,1H3,(H2,14,17). The summed E-state index contributed by atoms with van der Waals surface area (Å²) >= 11 is 0. The van der Waals surface area contributed by atoms with Gasteiger partial charge in [0.2, 0.25) is 5.91 Å². The predicted molar refractivity (Wildman–Crippen MR) is 67.5 cm³/mol. The zero-order valence-electron chi connectivity index (χ0n) is 10.1. The van der Waals surface area contributed by atoms with Crippen LogP contribution in [0.1, 0.15) is 31.7 Å². The van der Waals surface area contributed by atoms with Crippen LogP contribution in [-0.2, 0) is 11.3 Å². The molecular formula is C13H20N2O2. The maximum atomic E-state index is 11.2. The topological polar surface area (TPSA) is 75.3 Å². The Morgan fingerprint density at radius 2 is 2.06 bits per heavy atom. The average Bonchev–Trinajstić information content (AvgIpc) is 2.31. The summed E-state index contributed by atoms with van der Waals surface area (Å²) in [5.41, 5.74) is 6.34. The lowest BCUT2D eigenvalue weighted by Crippen LogP contribution is -2.40. The molecule has 0 radical (unpaired) electrons. The molecule has 1 unspecified atom stereocenters. The van der Waals surface area contributed by atoms with Gasteiger partial charge in [-0.15, -0.1) is 0 Å². The molecule has 0 aliphatic carbocycles. The predicted octanol–water partition coefficient (Wildman–Crippen LogP) is 1.53. The summed E-state index contributed by atoms with van der Waals surface area (Å²) < 4.78 is 0. The van der Waals surface area contributed by atoms with E-state index < -0.39 is 0 Å². The van der Waals surface area contributed by atoms with E-state index in [0.717, 1.165) is 24.8 Å². The first-order valence-corrected chi connectivity index (χ1v) is 5.94. The second-order valence-electron chi connectivity index (χ2n) is 4.14. The maximum Gasteiger partial charge on any atom is 0.234 e. The molecule has 0 aliphatic heterocycles. The second-order valence-corrected chi connectivity index (χ2v) is 4.14. The number of phenolic OH excluding ortho intramolecular Hbond substituents is 1. The van der Waals surface area contributed by atoms with Crippen molar-refractivity contribution in [3.63, 3.8) is 0 Å². The van der Waals surface area contributed by atoms with Crippen molar-refractivity contribution in [3.05, 3.63) is 29.8 Å². The van der Waals surface area contributed by atoms with Gasteiger partial charge in [0.25, 0.3) is 0 Å². The van der Waals surface area contributed by atoms with Crippen LogP contribution >= 0.6 is 0 Å². The second kappa shape index (κ2) is 6.91. The largest absolute Gasteiger partial charge is 0.508 e. The first-order valence-electron chi connectivity index (χ1n) is 5.94. The molecule has 1 aromatic carbocycles. The van der Waals surface area contributed by atoms with Crippen LogP contribution in [0.5, 0.6) is 5.75 Å². The normalized spacial score (nSPS) is 12.3. The highest BCUT2D eigenvalue weighted by atomic mass is 16.3. The Kier molecular flexibility index (Phi) is 5.49. The van der Waals surface area contributed by atoms with E-state index in [1.165, 1.54) is 0 Å². The van der Waals surface area contributed by atoms with Gasteiger partial charge in [-0.1, -0.05) is 31.9 Å². The summed E-state index contributed by atoms with van der Waals surface area (Å²) in [6.45, 7) is 2.66. The number of primary amides is 1. The average molecular weight is 236 g/mol. The minimum Gasteiger partial charge on any atom is -0.508 e. The van der Waals surface area contributed by atoms with Gasteiger partial charge in [0, 0.05) is 6.54 Å². The Labute approximate surface area is 102 Å². The molecule has 0 saturated carbocycles. The van der Waals surface area contributed by atoms with Crippen molar-refractivity contribution in [1.82, 2.24) is 5.32 Å². The Balaban J connectivity index is 2.45. The molecular weight excluding hydrogens is 216 g/mol. The fourth-order valence-corrected chi connectivity index (χ4v) is 1.61. The molecule has 1 amide bonds. The summed E-state index contributed by atoms with van der Waals surface area (Å²) in [5.74, 6) is -0.0663. The maximum absolute atomic E-state index is 11.2. The molecule has 1 aromatic rings. The number of carbonyl (C=O) groups excluding carboxylic acids is 1. The van der Waals surface area contributed by atoms with Crippen LogP contribution in [0.4, 0.5) is 0 Å². The van der Waals surface area contributed by atoms with Crippen LogP contribution in [0, 0.1) is 0 Å². The van der Waals surface area contributed by atoms with Gasteiger partial charge in [0.05, 0.1) is 6.04 Å². The van der Waals surface area contributed by atoms with Crippen LogP contribution in [0.3, 0.4) is 0 Å². The number of nitrogens with two attached hydrogens (primary N) is 1. The summed E-state index contributed by atoms with van der Waals surface area (Å²) in [7, 11) is 0. The molecule has 0 bridgehead atoms. The molecule has 4 N–H and O–H groups in total. The van der Waals surface area contributed by atoms with Crippen molar-refractivity contribution in [3.8, 4) is 5.75 Å². The number of nitrogens with one attached hydrogen (secondary N) is 1. The number of hydrogen-bond donors (Lipinski definition) is 3. The molecule has 4 nitrogen and oxygen atoms in total. The van der Waals surface area contributed by atoms with Gasteiger partial charge < -0.3 is 16.2 Å². The van der Waals surface area contributed by atoms with Crippen LogP contribution in [0.2, 0.25) is 0 Å². The van der Waals surface area contributed by atoms with Gasteiger partial charge in [0.15, 0.2) is 0 Å². The van der Waals surface area contributed by atoms with Gasteiger partial charge in [-0.25, -0.2) is 0 Å². The molecule has 0 spiro atoms. The summed E-state index contributed by atoms with van der Waals surface area (Å²) in [4.78, 5) is 11.2. The van der Waals surface area contributed by atoms with Gasteiger partial charge in [-0.2, -0.15) is 0 Å². The van der Waals surface area contributed by atoms with Gasteiger partial charge in [0.1, 0.15) is 5.75 Å². The third-order valence-corrected chi connectivity index (χ3v) is 2.68. The summed E-state index contributed by atoms with van der Waals surface area (Å²) in [6.07, 6.45) is 2.80. The Bertz CT molecular complexity index is 349. The molecule has 0 fully saturated rings. The van der Waals surface area contributed by atoms with E-state index in [1.807, 2.05) is 12.1 Å². The van der Waals surface area contributed by atoms with Crippen molar-refractivity contribution in [2.75, 3.05) is 0 Å². The molecule has 0 heterocycles. The Morgan fingerprint density at radius 3 is 2.59 bits per heavy atom. The Morgan fingerprint density at radius 1 is 1.41 bits per heavy atom. The highest BCUT2D eigenvalue weighted by Crippen LogP contribution is 2.10. The summed E-state index contributed by atoms with van der Waals surface area (Å²) in [5, 5.41) is 12.3. The van der Waals surface area contributed by atoms with Crippen LogP contribution in [0.25, 0.3) is 0 Å². The number of unbranched alkanes of at least 4 members (excludes halogenated alkanes) is 1. The smallest absolute Gasteiger partial charge is 0.234 e. The Hall–Kier alpha value is -1.55. The molecule has 1 rings (SSSR count). The monoisotopic (exact) mass is 236 g/mol. The van der Waals surface area contributed by atoms with Crippen molar-refractivity contribution >= 4 is 5.91 Å². The van der Waals surface area contributed by atoms with Gasteiger partial charge >= 0.3 is 0 Å².